The predicted molar refractivity (Wildman–Crippen MR) is 62.4 cm³/mol. The summed E-state index contributed by atoms with van der Waals surface area (Å²) in [6.07, 6.45) is 3.31. The lowest BCUT2D eigenvalue weighted by Crippen LogP contribution is -2.30. The third kappa shape index (κ3) is 4.50. The van der Waals surface area contributed by atoms with Crippen molar-refractivity contribution in [1.82, 2.24) is 5.32 Å². The molecule has 86 valence electrons. The summed E-state index contributed by atoms with van der Waals surface area (Å²) in [5.41, 5.74) is 0.891. The zero-order valence-corrected chi connectivity index (χ0v) is 9.05. The molecule has 0 aliphatic heterocycles. The quantitative estimate of drug-likeness (QED) is 0.731. The van der Waals surface area contributed by atoms with E-state index in [-0.39, 0.29) is 11.8 Å². The molecule has 0 aliphatic carbocycles. The fraction of sp³-hybridized carbons (Fsp3) is 0.250. The number of phenolic OH excluding ortho intramolecular Hbond substituents is 1. The van der Waals surface area contributed by atoms with Crippen molar-refractivity contribution >= 4 is 12.2 Å². The third-order valence-electron chi connectivity index (χ3n) is 2.04. The average molecular weight is 221 g/mol. The number of rotatable bonds is 4. The molecular formula is C12H15NO3. The van der Waals surface area contributed by atoms with Crippen LogP contribution in [0.1, 0.15) is 18.9 Å². The van der Waals surface area contributed by atoms with Crippen molar-refractivity contribution < 1.29 is 15.0 Å². The van der Waals surface area contributed by atoms with E-state index in [2.05, 4.69) is 5.32 Å². The number of carbonyl (C=O) groups is 1. The molecule has 0 bridgehead atoms. The highest BCUT2D eigenvalue weighted by atomic mass is 16.4. The Morgan fingerprint density at radius 1 is 1.56 bits per heavy atom. The van der Waals surface area contributed by atoms with E-state index < -0.39 is 6.09 Å². The summed E-state index contributed by atoms with van der Waals surface area (Å²) in [5, 5.41) is 20.0. The topological polar surface area (TPSA) is 69.6 Å². The molecule has 0 saturated carbocycles. The Balaban J connectivity index is 2.45. The fourth-order valence-corrected chi connectivity index (χ4v) is 1.31. The van der Waals surface area contributed by atoms with Crippen LogP contribution >= 0.6 is 0 Å². The van der Waals surface area contributed by atoms with Crippen molar-refractivity contribution in [3.63, 3.8) is 0 Å². The molecule has 0 saturated heterocycles. The maximum Gasteiger partial charge on any atom is 0.404 e. The standard InChI is InChI=1S/C12H15NO3/c1-9(13-12(15)16)4-2-5-10-6-3-7-11(14)8-10/h2-3,5-9,13-14H,4H2,1H3,(H,15,16)/t9-/m0/s1. The van der Waals surface area contributed by atoms with Gasteiger partial charge in [-0.15, -0.1) is 0 Å². The highest BCUT2D eigenvalue weighted by molar-refractivity contribution is 5.64. The van der Waals surface area contributed by atoms with Crippen molar-refractivity contribution in [1.29, 1.82) is 0 Å². The molecule has 16 heavy (non-hydrogen) atoms. The number of hydrogen-bond donors (Lipinski definition) is 3. The lowest BCUT2D eigenvalue weighted by atomic mass is 10.1. The molecule has 0 aliphatic rings. The third-order valence-corrected chi connectivity index (χ3v) is 2.04. The Kier molecular flexibility index (Phi) is 4.39. The van der Waals surface area contributed by atoms with Gasteiger partial charge in [-0.1, -0.05) is 24.3 Å². The van der Waals surface area contributed by atoms with Crippen LogP contribution in [0.2, 0.25) is 0 Å². The molecule has 0 aromatic heterocycles. The molecule has 1 aromatic rings. The Morgan fingerprint density at radius 3 is 2.94 bits per heavy atom. The molecule has 0 spiro atoms. The van der Waals surface area contributed by atoms with Gasteiger partial charge in [0.1, 0.15) is 5.75 Å². The lowest BCUT2D eigenvalue weighted by Gasteiger charge is -2.07. The first kappa shape index (κ1) is 12.1. The Morgan fingerprint density at radius 2 is 2.31 bits per heavy atom. The largest absolute Gasteiger partial charge is 0.508 e. The van der Waals surface area contributed by atoms with Crippen LogP contribution in [0.25, 0.3) is 6.08 Å². The highest BCUT2D eigenvalue weighted by Crippen LogP contribution is 2.12. The van der Waals surface area contributed by atoms with Crippen LogP contribution in [0.3, 0.4) is 0 Å². The lowest BCUT2D eigenvalue weighted by molar-refractivity contribution is 0.191. The molecule has 4 heteroatoms. The molecular weight excluding hydrogens is 206 g/mol. The summed E-state index contributed by atoms with van der Waals surface area (Å²) in [4.78, 5) is 10.3. The van der Waals surface area contributed by atoms with Gasteiger partial charge >= 0.3 is 6.09 Å². The first-order chi connectivity index (χ1) is 7.58. The first-order valence-corrected chi connectivity index (χ1v) is 5.03. The minimum Gasteiger partial charge on any atom is -0.508 e. The van der Waals surface area contributed by atoms with Gasteiger partial charge in [0, 0.05) is 6.04 Å². The van der Waals surface area contributed by atoms with Crippen LogP contribution < -0.4 is 5.32 Å². The second-order valence-electron chi connectivity index (χ2n) is 3.58. The van der Waals surface area contributed by atoms with Crippen LogP contribution in [0.5, 0.6) is 5.75 Å². The molecule has 4 nitrogen and oxygen atoms in total. The summed E-state index contributed by atoms with van der Waals surface area (Å²) in [5.74, 6) is 0.221. The van der Waals surface area contributed by atoms with E-state index in [1.165, 1.54) is 0 Å². The Bertz CT molecular complexity index is 388. The minimum atomic E-state index is -1.02. The van der Waals surface area contributed by atoms with Crippen LogP contribution in [0.15, 0.2) is 30.3 Å². The number of hydrogen-bond acceptors (Lipinski definition) is 2. The van der Waals surface area contributed by atoms with Crippen molar-refractivity contribution in [2.45, 2.75) is 19.4 Å². The number of aromatic hydroxyl groups is 1. The van der Waals surface area contributed by atoms with Gasteiger partial charge in [0.2, 0.25) is 0 Å². The number of nitrogens with one attached hydrogen (secondary N) is 1. The molecule has 3 N–H and O–H groups in total. The van der Waals surface area contributed by atoms with Gasteiger partial charge in [0.15, 0.2) is 0 Å². The molecule has 1 atom stereocenters. The van der Waals surface area contributed by atoms with Gasteiger partial charge in [0.05, 0.1) is 0 Å². The van der Waals surface area contributed by atoms with Gasteiger partial charge in [-0.25, -0.2) is 4.79 Å². The van der Waals surface area contributed by atoms with E-state index in [0.717, 1.165) is 5.56 Å². The SMILES string of the molecule is C[C@@H](CC=Cc1cccc(O)c1)NC(=O)O. The molecule has 0 heterocycles. The van der Waals surface area contributed by atoms with E-state index in [9.17, 15) is 9.90 Å². The highest BCUT2D eigenvalue weighted by Gasteiger charge is 2.01. The van der Waals surface area contributed by atoms with Gasteiger partial charge < -0.3 is 15.5 Å². The molecule has 0 radical (unpaired) electrons. The zero-order chi connectivity index (χ0) is 12.0. The monoisotopic (exact) mass is 221 g/mol. The zero-order valence-electron chi connectivity index (χ0n) is 9.05. The molecule has 0 fully saturated rings. The van der Waals surface area contributed by atoms with E-state index in [0.29, 0.717) is 6.42 Å². The van der Waals surface area contributed by atoms with E-state index >= 15 is 0 Å². The summed E-state index contributed by atoms with van der Waals surface area (Å²) in [6, 6.07) is 6.75. The molecule has 1 aromatic carbocycles. The smallest absolute Gasteiger partial charge is 0.404 e. The van der Waals surface area contributed by atoms with Gasteiger partial charge in [0.25, 0.3) is 0 Å². The second-order valence-corrected chi connectivity index (χ2v) is 3.58. The molecule has 0 unspecified atom stereocenters. The summed E-state index contributed by atoms with van der Waals surface area (Å²) in [7, 11) is 0. The number of amides is 1. The number of phenols is 1. The predicted octanol–water partition coefficient (Wildman–Crippen LogP) is 2.45. The van der Waals surface area contributed by atoms with Crippen molar-refractivity contribution in [2.75, 3.05) is 0 Å². The van der Waals surface area contributed by atoms with Crippen molar-refractivity contribution in [3.05, 3.63) is 35.9 Å². The molecule has 1 rings (SSSR count). The van der Waals surface area contributed by atoms with Crippen molar-refractivity contribution in [3.8, 4) is 5.75 Å². The van der Waals surface area contributed by atoms with E-state index in [1.54, 1.807) is 25.1 Å². The van der Waals surface area contributed by atoms with E-state index in [4.69, 9.17) is 5.11 Å². The number of carboxylic acid groups (broad SMARTS) is 1. The number of benzene rings is 1. The minimum absolute atomic E-state index is 0.119. The second kappa shape index (κ2) is 5.80. The Labute approximate surface area is 94.2 Å². The van der Waals surface area contributed by atoms with Gasteiger partial charge in [-0.2, -0.15) is 0 Å². The van der Waals surface area contributed by atoms with E-state index in [1.807, 2.05) is 18.2 Å². The fourth-order valence-electron chi connectivity index (χ4n) is 1.31. The summed E-state index contributed by atoms with van der Waals surface area (Å²) >= 11 is 0. The summed E-state index contributed by atoms with van der Waals surface area (Å²) < 4.78 is 0. The first-order valence-electron chi connectivity index (χ1n) is 5.03. The van der Waals surface area contributed by atoms with Gasteiger partial charge in [-0.05, 0) is 31.0 Å². The molecule has 1 amide bonds. The van der Waals surface area contributed by atoms with Gasteiger partial charge in [-0.3, -0.25) is 0 Å². The Hall–Kier alpha value is -1.97. The van der Waals surface area contributed by atoms with Crippen LogP contribution in [-0.2, 0) is 0 Å². The van der Waals surface area contributed by atoms with Crippen LogP contribution in [0, 0.1) is 0 Å². The normalized spacial score (nSPS) is 12.6. The maximum absolute atomic E-state index is 10.3. The summed E-state index contributed by atoms with van der Waals surface area (Å²) in [6.45, 7) is 1.79. The van der Waals surface area contributed by atoms with Crippen LogP contribution in [0.4, 0.5) is 4.79 Å². The van der Waals surface area contributed by atoms with Crippen LogP contribution in [-0.4, -0.2) is 22.3 Å². The van der Waals surface area contributed by atoms with Crippen molar-refractivity contribution in [2.24, 2.45) is 0 Å². The maximum atomic E-state index is 10.3. The average Bonchev–Trinajstić information content (AvgIpc) is 2.16.